The third-order valence-electron chi connectivity index (χ3n) is 7.30. The molecular weight excluding hydrogens is 471 g/mol. The lowest BCUT2D eigenvalue weighted by Crippen LogP contribution is -2.48. The van der Waals surface area contributed by atoms with E-state index in [1.807, 2.05) is 31.3 Å². The van der Waals surface area contributed by atoms with Gasteiger partial charge in [-0.05, 0) is 38.0 Å². The van der Waals surface area contributed by atoms with Crippen molar-refractivity contribution in [3.05, 3.63) is 36.3 Å². The molecule has 0 saturated carbocycles. The quantitative estimate of drug-likeness (QED) is 0.524. The van der Waals surface area contributed by atoms with E-state index in [0.29, 0.717) is 51.1 Å². The van der Waals surface area contributed by atoms with Crippen LogP contribution in [0.3, 0.4) is 0 Å². The highest BCUT2D eigenvalue weighted by molar-refractivity contribution is 5.88. The standard InChI is InChI=1S/C25H28F3N7O/c1-14-8-15(2-5-23(27)28)24-20(30-14)4-3-19(31-24)17-6-7-35-22(17)9-29-25(33-35)32-21-11-34(10-18(21)26)16-12-36-13-16/h3-4,6-7,9,15-16,18,21,23H,2,5,8,10-13H2,1H3,(H,32,33)/t15?,18-,21+/m1/s1. The number of rotatable bonds is 7. The average Bonchev–Trinajstić information content (AvgIpc) is 3.39. The van der Waals surface area contributed by atoms with Gasteiger partial charge in [0.2, 0.25) is 12.4 Å². The fourth-order valence-electron chi connectivity index (χ4n) is 5.29. The Hall–Kier alpha value is -3.05. The molecule has 11 heteroatoms. The van der Waals surface area contributed by atoms with Gasteiger partial charge in [-0.1, -0.05) is 0 Å². The summed E-state index contributed by atoms with van der Waals surface area (Å²) in [7, 11) is 0. The highest BCUT2D eigenvalue weighted by atomic mass is 19.3. The predicted octanol–water partition coefficient (Wildman–Crippen LogP) is 4.25. The normalized spacial score (nSPS) is 24.7. The van der Waals surface area contributed by atoms with Crippen molar-refractivity contribution >= 4 is 22.9 Å². The number of hydrogen-bond donors (Lipinski definition) is 1. The fourth-order valence-corrected chi connectivity index (χ4v) is 5.29. The Morgan fingerprint density at radius 3 is 2.83 bits per heavy atom. The van der Waals surface area contributed by atoms with Gasteiger partial charge >= 0.3 is 0 Å². The number of halogens is 3. The monoisotopic (exact) mass is 499 g/mol. The number of nitrogens with one attached hydrogen (secondary N) is 1. The lowest BCUT2D eigenvalue weighted by atomic mass is 9.89. The predicted molar refractivity (Wildman–Crippen MR) is 130 cm³/mol. The van der Waals surface area contributed by atoms with Crippen molar-refractivity contribution < 1.29 is 17.9 Å². The summed E-state index contributed by atoms with van der Waals surface area (Å²) in [5, 5.41) is 7.68. The molecule has 3 atom stereocenters. The van der Waals surface area contributed by atoms with Crippen LogP contribution in [0.25, 0.3) is 16.8 Å². The highest BCUT2D eigenvalue weighted by Gasteiger charge is 2.39. The van der Waals surface area contributed by atoms with Gasteiger partial charge in [0.25, 0.3) is 0 Å². The minimum absolute atomic E-state index is 0.0847. The number of pyridine rings is 1. The summed E-state index contributed by atoms with van der Waals surface area (Å²) in [4.78, 5) is 16.0. The van der Waals surface area contributed by atoms with E-state index >= 15 is 0 Å². The van der Waals surface area contributed by atoms with Crippen LogP contribution in [0.5, 0.6) is 0 Å². The van der Waals surface area contributed by atoms with Gasteiger partial charge in [-0.2, -0.15) is 0 Å². The first-order chi connectivity index (χ1) is 17.4. The molecule has 2 fully saturated rings. The Labute approximate surface area is 206 Å². The van der Waals surface area contributed by atoms with E-state index in [1.165, 1.54) is 0 Å². The maximum atomic E-state index is 14.6. The third-order valence-corrected chi connectivity index (χ3v) is 7.30. The summed E-state index contributed by atoms with van der Waals surface area (Å²) in [6.07, 6.45) is 1.01. The lowest BCUT2D eigenvalue weighted by Gasteiger charge is -2.34. The molecule has 3 aromatic heterocycles. The van der Waals surface area contributed by atoms with Crippen LogP contribution in [0.15, 0.2) is 35.6 Å². The minimum Gasteiger partial charge on any atom is -0.378 e. The molecule has 190 valence electrons. The maximum absolute atomic E-state index is 14.6. The number of likely N-dealkylation sites (tertiary alicyclic amines) is 1. The van der Waals surface area contributed by atoms with Gasteiger partial charge in [-0.25, -0.2) is 22.7 Å². The molecule has 1 N–H and O–H groups in total. The molecule has 0 radical (unpaired) electrons. The number of nitrogens with zero attached hydrogens (tertiary/aromatic N) is 6. The number of alkyl halides is 3. The summed E-state index contributed by atoms with van der Waals surface area (Å²) < 4.78 is 47.3. The average molecular weight is 500 g/mol. The highest BCUT2D eigenvalue weighted by Crippen LogP contribution is 2.38. The molecule has 3 aliphatic heterocycles. The van der Waals surface area contributed by atoms with E-state index in [9.17, 15) is 13.2 Å². The Kier molecular flexibility index (Phi) is 6.12. The molecule has 0 bridgehead atoms. The lowest BCUT2D eigenvalue weighted by molar-refractivity contribution is -0.0585. The second-order valence-electron chi connectivity index (χ2n) is 9.87. The minimum atomic E-state index is -2.33. The molecule has 6 heterocycles. The molecular formula is C25H28F3N7O. The number of fused-ring (bicyclic) bond motifs is 2. The van der Waals surface area contributed by atoms with E-state index in [1.54, 1.807) is 10.7 Å². The maximum Gasteiger partial charge on any atom is 0.241 e. The molecule has 0 spiro atoms. The summed E-state index contributed by atoms with van der Waals surface area (Å²) in [5.74, 6) is 0.276. The molecule has 3 aromatic rings. The van der Waals surface area contributed by atoms with Crippen LogP contribution in [-0.4, -0.2) is 81.2 Å². The topological polar surface area (TPSA) is 79.9 Å². The van der Waals surface area contributed by atoms with Gasteiger partial charge in [-0.3, -0.25) is 14.9 Å². The van der Waals surface area contributed by atoms with E-state index in [0.717, 1.165) is 33.9 Å². The molecule has 36 heavy (non-hydrogen) atoms. The van der Waals surface area contributed by atoms with Gasteiger partial charge in [-0.15, -0.1) is 5.10 Å². The molecule has 6 rings (SSSR count). The van der Waals surface area contributed by atoms with Crippen molar-refractivity contribution in [3.8, 4) is 11.3 Å². The number of anilines is 1. The Balaban J connectivity index is 1.23. The van der Waals surface area contributed by atoms with Crippen LogP contribution in [0.1, 0.15) is 37.8 Å². The van der Waals surface area contributed by atoms with Gasteiger partial charge in [0.05, 0.1) is 54.1 Å². The van der Waals surface area contributed by atoms with E-state index in [2.05, 4.69) is 25.3 Å². The second kappa shape index (κ2) is 9.44. The first-order valence-corrected chi connectivity index (χ1v) is 12.3. The fraction of sp³-hybridized carbons (Fsp3) is 0.520. The van der Waals surface area contributed by atoms with Crippen LogP contribution in [0.4, 0.5) is 24.8 Å². The molecule has 0 amide bonds. The van der Waals surface area contributed by atoms with Crippen LogP contribution >= 0.6 is 0 Å². The van der Waals surface area contributed by atoms with E-state index in [-0.39, 0.29) is 18.4 Å². The van der Waals surface area contributed by atoms with Crippen molar-refractivity contribution in [2.24, 2.45) is 4.99 Å². The van der Waals surface area contributed by atoms with Crippen molar-refractivity contribution in [3.63, 3.8) is 0 Å². The zero-order valence-corrected chi connectivity index (χ0v) is 19.9. The molecule has 0 aromatic carbocycles. The second-order valence-corrected chi connectivity index (χ2v) is 9.87. The van der Waals surface area contributed by atoms with Crippen molar-refractivity contribution in [1.82, 2.24) is 24.5 Å². The third kappa shape index (κ3) is 4.45. The SMILES string of the molecule is CC1=Nc2ccc(-c3ccn4nc(N[C@H]5CN(C6COC6)C[C@H]5F)ncc34)nc2C(CCC(F)F)C1. The summed E-state index contributed by atoms with van der Waals surface area (Å²) in [5.41, 5.74) is 4.74. The van der Waals surface area contributed by atoms with Crippen LogP contribution in [0, 0.1) is 0 Å². The largest absolute Gasteiger partial charge is 0.378 e. The van der Waals surface area contributed by atoms with Gasteiger partial charge in [0.1, 0.15) is 6.17 Å². The van der Waals surface area contributed by atoms with Crippen molar-refractivity contribution in [1.29, 1.82) is 0 Å². The first-order valence-electron chi connectivity index (χ1n) is 12.3. The zero-order chi connectivity index (χ0) is 24.8. The summed E-state index contributed by atoms with van der Waals surface area (Å²) in [6, 6.07) is 5.60. The number of hydrogen-bond acceptors (Lipinski definition) is 7. The number of ether oxygens (including phenoxy) is 1. The van der Waals surface area contributed by atoms with E-state index < -0.39 is 12.6 Å². The molecule has 0 aliphatic carbocycles. The summed E-state index contributed by atoms with van der Waals surface area (Å²) >= 11 is 0. The Morgan fingerprint density at radius 2 is 2.06 bits per heavy atom. The number of aromatic nitrogens is 4. The zero-order valence-electron chi connectivity index (χ0n) is 19.9. The molecule has 1 unspecified atom stereocenters. The number of aliphatic imine (C=N–C) groups is 1. The van der Waals surface area contributed by atoms with Crippen LogP contribution in [-0.2, 0) is 4.74 Å². The Morgan fingerprint density at radius 1 is 1.19 bits per heavy atom. The summed E-state index contributed by atoms with van der Waals surface area (Å²) in [6.45, 7) is 4.20. The molecule has 3 aliphatic rings. The first kappa shape index (κ1) is 23.4. The van der Waals surface area contributed by atoms with Gasteiger partial charge < -0.3 is 10.1 Å². The van der Waals surface area contributed by atoms with Gasteiger partial charge in [0, 0.05) is 42.9 Å². The van der Waals surface area contributed by atoms with Crippen molar-refractivity contribution in [2.45, 2.75) is 56.8 Å². The van der Waals surface area contributed by atoms with E-state index in [4.69, 9.17) is 9.72 Å². The smallest absolute Gasteiger partial charge is 0.241 e. The molecule has 8 nitrogen and oxygen atoms in total. The van der Waals surface area contributed by atoms with Crippen LogP contribution in [0.2, 0.25) is 0 Å². The molecule has 2 saturated heterocycles. The van der Waals surface area contributed by atoms with Gasteiger partial charge in [0.15, 0.2) is 0 Å². The Bertz CT molecular complexity index is 1290. The van der Waals surface area contributed by atoms with Crippen molar-refractivity contribution in [2.75, 3.05) is 31.6 Å². The van der Waals surface area contributed by atoms with Crippen LogP contribution < -0.4 is 5.32 Å².